The van der Waals surface area contributed by atoms with Crippen LogP contribution in [0.25, 0.3) is 0 Å². The number of benzene rings is 2. The van der Waals surface area contributed by atoms with Crippen LogP contribution < -0.4 is 4.74 Å². The summed E-state index contributed by atoms with van der Waals surface area (Å²) < 4.78 is 40.6. The molecule has 2 aliphatic heterocycles. The van der Waals surface area contributed by atoms with Crippen molar-refractivity contribution in [3.05, 3.63) is 64.2 Å². The van der Waals surface area contributed by atoms with Crippen molar-refractivity contribution in [1.29, 1.82) is 0 Å². The zero-order chi connectivity index (χ0) is 32.7. The lowest BCUT2D eigenvalue weighted by Gasteiger charge is -2.44. The second kappa shape index (κ2) is 15.4. The highest BCUT2D eigenvalue weighted by atomic mass is 16.7. The van der Waals surface area contributed by atoms with E-state index in [0.717, 1.165) is 29.5 Å². The van der Waals surface area contributed by atoms with E-state index in [1.54, 1.807) is 0 Å². The van der Waals surface area contributed by atoms with E-state index in [1.807, 2.05) is 19.1 Å². The molecule has 2 aromatic rings. The number of ether oxygens (including phenoxy) is 7. The number of hydrogen-bond donors (Lipinski definition) is 0. The number of esters is 4. The van der Waals surface area contributed by atoms with Gasteiger partial charge in [0.1, 0.15) is 30.7 Å². The molecule has 6 atom stereocenters. The molecule has 4 rings (SSSR count). The quantitative estimate of drug-likeness (QED) is 0.264. The summed E-state index contributed by atoms with van der Waals surface area (Å²) in [6.07, 6.45) is -3.71. The second-order valence-electron chi connectivity index (χ2n) is 11.4. The normalized spacial score (nSPS) is 24.4. The predicted molar refractivity (Wildman–Crippen MR) is 161 cm³/mol. The molecule has 11 heteroatoms. The number of carbonyl (C=O) groups excluding carboxylic acids is 4. The molecular weight excluding hydrogens is 584 g/mol. The van der Waals surface area contributed by atoms with Gasteiger partial charge >= 0.3 is 23.9 Å². The Labute approximate surface area is 263 Å². The van der Waals surface area contributed by atoms with Gasteiger partial charge in [0.25, 0.3) is 0 Å². The second-order valence-corrected chi connectivity index (χ2v) is 11.4. The fourth-order valence-corrected chi connectivity index (χ4v) is 5.63. The Bertz CT molecular complexity index is 1360. The Balaban J connectivity index is 1.83. The SMILES string of the molecule is CCc1ccc(Cc2cc([C@@H]3O[C@H](COC(C)=O)[C@@H](OC(C)=O)[C@H](OC(C)=O)[C@H]3OC(C)=O)cc(O[C@@H]3CCOC3)c2C)cc1. The highest BCUT2D eigenvalue weighted by Crippen LogP contribution is 2.40. The molecule has 0 spiro atoms. The minimum absolute atomic E-state index is 0.147. The maximum atomic E-state index is 12.4. The Kier molecular flexibility index (Phi) is 11.6. The van der Waals surface area contributed by atoms with Crippen LogP contribution in [-0.4, -0.2) is 74.2 Å². The summed E-state index contributed by atoms with van der Waals surface area (Å²) in [6, 6.07) is 12.1. The average molecular weight is 627 g/mol. The van der Waals surface area contributed by atoms with Crippen molar-refractivity contribution in [2.45, 2.75) is 97.4 Å². The van der Waals surface area contributed by atoms with Crippen molar-refractivity contribution in [2.24, 2.45) is 0 Å². The molecule has 0 N–H and O–H groups in total. The number of rotatable bonds is 11. The first-order chi connectivity index (χ1) is 21.4. The molecule has 2 fully saturated rings. The van der Waals surface area contributed by atoms with Gasteiger partial charge in [0.2, 0.25) is 0 Å². The fraction of sp³-hybridized carbons (Fsp3) is 0.529. The standard InChI is InChI=1S/C34H42O11/c1-7-24-8-10-25(11-9-24)14-26-15-27(16-29(19(26)2)44-28-12-13-39-17-28)31-33(42-22(5)37)34(43-23(6)38)32(41-21(4)36)30(45-31)18-40-20(3)35/h8-11,15-16,28,30-34H,7,12-14,17-18H2,1-6H3/t28-,30-,31+,32-,33+,34+/m1/s1. The molecule has 0 amide bonds. The third-order valence-electron chi connectivity index (χ3n) is 7.82. The van der Waals surface area contributed by atoms with Gasteiger partial charge in [-0.05, 0) is 53.6 Å². The zero-order valence-corrected chi connectivity index (χ0v) is 26.7. The van der Waals surface area contributed by atoms with Crippen molar-refractivity contribution < 1.29 is 52.3 Å². The van der Waals surface area contributed by atoms with Gasteiger partial charge < -0.3 is 33.2 Å². The van der Waals surface area contributed by atoms with E-state index >= 15 is 0 Å². The molecule has 0 unspecified atom stereocenters. The molecule has 244 valence electrons. The van der Waals surface area contributed by atoms with Crippen LogP contribution in [0, 0.1) is 6.92 Å². The molecule has 0 saturated carbocycles. The molecule has 0 radical (unpaired) electrons. The van der Waals surface area contributed by atoms with Crippen LogP contribution in [0.2, 0.25) is 0 Å². The highest BCUT2D eigenvalue weighted by molar-refractivity contribution is 5.69. The molecule has 0 aliphatic carbocycles. The van der Waals surface area contributed by atoms with Crippen LogP contribution in [0.5, 0.6) is 5.75 Å². The van der Waals surface area contributed by atoms with Gasteiger partial charge in [-0.3, -0.25) is 19.2 Å². The first-order valence-corrected chi connectivity index (χ1v) is 15.2. The van der Waals surface area contributed by atoms with Crippen LogP contribution in [0.3, 0.4) is 0 Å². The zero-order valence-electron chi connectivity index (χ0n) is 26.7. The number of hydrogen-bond acceptors (Lipinski definition) is 11. The van der Waals surface area contributed by atoms with E-state index < -0.39 is 54.4 Å². The first-order valence-electron chi connectivity index (χ1n) is 15.2. The van der Waals surface area contributed by atoms with Crippen molar-refractivity contribution in [3.8, 4) is 5.75 Å². The van der Waals surface area contributed by atoms with E-state index in [0.29, 0.717) is 30.9 Å². The van der Waals surface area contributed by atoms with Gasteiger partial charge in [0.05, 0.1) is 13.2 Å². The third-order valence-corrected chi connectivity index (χ3v) is 7.82. The van der Waals surface area contributed by atoms with Gasteiger partial charge in [0.15, 0.2) is 18.3 Å². The van der Waals surface area contributed by atoms with Crippen LogP contribution in [-0.2, 0) is 60.4 Å². The molecule has 45 heavy (non-hydrogen) atoms. The Morgan fingerprint density at radius 2 is 1.44 bits per heavy atom. The summed E-state index contributed by atoms with van der Waals surface area (Å²) in [6.45, 7) is 9.69. The van der Waals surface area contributed by atoms with E-state index in [9.17, 15) is 19.2 Å². The molecule has 2 heterocycles. The van der Waals surface area contributed by atoms with Gasteiger partial charge in [-0.2, -0.15) is 0 Å². The van der Waals surface area contributed by atoms with Gasteiger partial charge in [0, 0.05) is 34.1 Å². The van der Waals surface area contributed by atoms with Crippen LogP contribution >= 0.6 is 0 Å². The van der Waals surface area contributed by atoms with Crippen molar-refractivity contribution in [1.82, 2.24) is 0 Å². The monoisotopic (exact) mass is 626 g/mol. The molecule has 2 aromatic carbocycles. The van der Waals surface area contributed by atoms with Crippen LogP contribution in [0.1, 0.15) is 75.0 Å². The highest BCUT2D eigenvalue weighted by Gasteiger charge is 2.52. The van der Waals surface area contributed by atoms with E-state index in [1.165, 1.54) is 33.3 Å². The number of aryl methyl sites for hydroxylation is 1. The lowest BCUT2D eigenvalue weighted by Crippen LogP contribution is -2.59. The Morgan fingerprint density at radius 1 is 0.822 bits per heavy atom. The maximum absolute atomic E-state index is 12.4. The van der Waals surface area contributed by atoms with Crippen molar-refractivity contribution >= 4 is 23.9 Å². The smallest absolute Gasteiger partial charge is 0.303 e. The van der Waals surface area contributed by atoms with Crippen molar-refractivity contribution in [2.75, 3.05) is 19.8 Å². The summed E-state index contributed by atoms with van der Waals surface area (Å²) in [4.78, 5) is 48.7. The minimum atomic E-state index is -1.27. The molecule has 11 nitrogen and oxygen atoms in total. The lowest BCUT2D eigenvalue weighted by atomic mass is 9.88. The largest absolute Gasteiger partial charge is 0.488 e. The molecule has 0 aromatic heterocycles. The number of carbonyl (C=O) groups is 4. The Morgan fingerprint density at radius 3 is 2.02 bits per heavy atom. The summed E-state index contributed by atoms with van der Waals surface area (Å²) in [5.41, 5.74) is 4.76. The summed E-state index contributed by atoms with van der Waals surface area (Å²) >= 11 is 0. The average Bonchev–Trinajstić information content (AvgIpc) is 3.49. The predicted octanol–water partition coefficient (Wildman–Crippen LogP) is 4.11. The van der Waals surface area contributed by atoms with E-state index in [4.69, 9.17) is 33.2 Å². The van der Waals surface area contributed by atoms with Crippen LogP contribution in [0.4, 0.5) is 0 Å². The molecule has 0 bridgehead atoms. The third kappa shape index (κ3) is 9.04. The summed E-state index contributed by atoms with van der Waals surface area (Å²) in [5, 5.41) is 0. The van der Waals surface area contributed by atoms with Gasteiger partial charge in [-0.1, -0.05) is 37.3 Å². The first kappa shape index (κ1) is 33.9. The fourth-order valence-electron chi connectivity index (χ4n) is 5.63. The van der Waals surface area contributed by atoms with Gasteiger partial charge in [-0.15, -0.1) is 0 Å². The van der Waals surface area contributed by atoms with E-state index in [2.05, 4.69) is 31.2 Å². The minimum Gasteiger partial charge on any atom is -0.488 e. The van der Waals surface area contributed by atoms with E-state index in [-0.39, 0.29) is 12.7 Å². The van der Waals surface area contributed by atoms with Gasteiger partial charge in [-0.25, -0.2) is 0 Å². The summed E-state index contributed by atoms with van der Waals surface area (Å²) in [5.74, 6) is -2.00. The summed E-state index contributed by atoms with van der Waals surface area (Å²) in [7, 11) is 0. The molecule has 2 saturated heterocycles. The van der Waals surface area contributed by atoms with Crippen molar-refractivity contribution in [3.63, 3.8) is 0 Å². The molecule has 2 aliphatic rings. The maximum Gasteiger partial charge on any atom is 0.303 e. The topological polar surface area (TPSA) is 133 Å². The lowest BCUT2D eigenvalue weighted by molar-refractivity contribution is -0.254. The Hall–Kier alpha value is -3.96. The molecular formula is C34H42O11. The van der Waals surface area contributed by atoms with Crippen LogP contribution in [0.15, 0.2) is 36.4 Å².